The highest BCUT2D eigenvalue weighted by Crippen LogP contribution is 2.35. The van der Waals surface area contributed by atoms with Gasteiger partial charge in [-0.15, -0.1) is 0 Å². The first-order valence-corrected chi connectivity index (χ1v) is 12.2. The third-order valence-corrected chi connectivity index (χ3v) is 6.42. The quantitative estimate of drug-likeness (QED) is 0.312. The Bertz CT molecular complexity index is 1080. The average Bonchev–Trinajstić information content (AvgIpc) is 2.90. The van der Waals surface area contributed by atoms with Crippen LogP contribution in [-0.2, 0) is 4.79 Å². The second-order valence-corrected chi connectivity index (χ2v) is 8.75. The highest BCUT2D eigenvalue weighted by molar-refractivity contribution is 6.03. The molecule has 1 heterocycles. The summed E-state index contributed by atoms with van der Waals surface area (Å²) in [6.45, 7) is 1.01. The Morgan fingerprint density at radius 2 is 1.92 bits per heavy atom. The van der Waals surface area contributed by atoms with E-state index >= 15 is 0 Å². The van der Waals surface area contributed by atoms with Gasteiger partial charge in [0.1, 0.15) is 18.5 Å². The van der Waals surface area contributed by atoms with Crippen molar-refractivity contribution in [3.8, 4) is 11.5 Å². The monoisotopic (exact) mass is 501 g/mol. The number of methoxy groups -OCH3 is 1. The first-order chi connectivity index (χ1) is 17.3. The highest BCUT2D eigenvalue weighted by Gasteiger charge is 2.34. The lowest BCUT2D eigenvalue weighted by Crippen LogP contribution is -2.46. The molecule has 0 aromatic heterocycles. The summed E-state index contributed by atoms with van der Waals surface area (Å²) in [4.78, 5) is 24.3. The zero-order valence-electron chi connectivity index (χ0n) is 20.8. The van der Waals surface area contributed by atoms with E-state index in [0.717, 1.165) is 19.1 Å². The number of halogens is 2. The number of rotatable bonds is 12. The maximum Gasteiger partial charge on any atom is 0.387 e. The first kappa shape index (κ1) is 27.3. The number of hydrazone groups is 1. The molecule has 2 N–H and O–H groups in total. The van der Waals surface area contributed by atoms with Crippen molar-refractivity contribution in [1.82, 2.24) is 5.01 Å². The van der Waals surface area contributed by atoms with E-state index in [1.165, 1.54) is 13.2 Å². The molecule has 0 amide bonds. The van der Waals surface area contributed by atoms with Gasteiger partial charge >= 0.3 is 6.61 Å². The van der Waals surface area contributed by atoms with E-state index in [2.05, 4.69) is 4.74 Å². The molecule has 0 saturated heterocycles. The van der Waals surface area contributed by atoms with Crippen LogP contribution in [0.4, 0.5) is 8.78 Å². The number of unbranched alkanes of at least 4 members (excludes halogenated alkanes) is 1. The maximum atomic E-state index is 13.0. The summed E-state index contributed by atoms with van der Waals surface area (Å²) in [5.74, 6) is 0.0683. The van der Waals surface area contributed by atoms with Crippen molar-refractivity contribution in [2.45, 2.75) is 64.8 Å². The fourth-order valence-corrected chi connectivity index (χ4v) is 4.36. The van der Waals surface area contributed by atoms with Crippen LogP contribution in [-0.4, -0.2) is 42.6 Å². The van der Waals surface area contributed by atoms with E-state index in [9.17, 15) is 18.4 Å². The molecular weight excluding hydrogens is 468 g/mol. The van der Waals surface area contributed by atoms with Gasteiger partial charge in [0.25, 0.3) is 0 Å². The SMILES string of the molecule is CCCCC(=O)c1ccc(C(N)N2N=C(c3ccc(OC)c(OC(F)F)c3)C(CC)CC2C=O)cc1. The van der Waals surface area contributed by atoms with E-state index < -0.39 is 18.8 Å². The fraction of sp³-hybridized carbons (Fsp3) is 0.444. The van der Waals surface area contributed by atoms with Crippen LogP contribution in [0.1, 0.15) is 73.6 Å². The van der Waals surface area contributed by atoms with Crippen molar-refractivity contribution < 1.29 is 27.8 Å². The molecule has 0 radical (unpaired) electrons. The Kier molecular flexibility index (Phi) is 9.52. The molecule has 0 fully saturated rings. The summed E-state index contributed by atoms with van der Waals surface area (Å²) in [6.07, 6.45) is 3.51. The van der Waals surface area contributed by atoms with Crippen molar-refractivity contribution in [3.05, 3.63) is 59.2 Å². The third-order valence-electron chi connectivity index (χ3n) is 6.42. The number of nitrogens with two attached hydrogens (primary N) is 1. The van der Waals surface area contributed by atoms with E-state index in [1.54, 1.807) is 41.4 Å². The minimum Gasteiger partial charge on any atom is -0.493 e. The van der Waals surface area contributed by atoms with E-state index in [0.29, 0.717) is 41.7 Å². The van der Waals surface area contributed by atoms with Crippen molar-refractivity contribution in [3.63, 3.8) is 0 Å². The summed E-state index contributed by atoms with van der Waals surface area (Å²) >= 11 is 0. The summed E-state index contributed by atoms with van der Waals surface area (Å²) in [5.41, 5.74) is 9.06. The lowest BCUT2D eigenvalue weighted by Gasteiger charge is -2.38. The number of benzene rings is 2. The van der Waals surface area contributed by atoms with E-state index in [-0.39, 0.29) is 23.2 Å². The summed E-state index contributed by atoms with van der Waals surface area (Å²) in [7, 11) is 1.37. The number of hydrogen-bond acceptors (Lipinski definition) is 7. The Hall–Kier alpha value is -3.33. The van der Waals surface area contributed by atoms with Crippen LogP contribution in [0.25, 0.3) is 0 Å². The molecule has 1 aliphatic rings. The third kappa shape index (κ3) is 6.26. The molecule has 7 nitrogen and oxygen atoms in total. The Morgan fingerprint density at radius 1 is 1.19 bits per heavy atom. The van der Waals surface area contributed by atoms with Gasteiger partial charge in [-0.2, -0.15) is 13.9 Å². The Morgan fingerprint density at radius 3 is 2.50 bits per heavy atom. The minimum absolute atomic E-state index is 0.0770. The van der Waals surface area contributed by atoms with Crippen LogP contribution in [0, 0.1) is 5.92 Å². The van der Waals surface area contributed by atoms with Gasteiger partial charge in [0.2, 0.25) is 0 Å². The van der Waals surface area contributed by atoms with Crippen LogP contribution in [0.2, 0.25) is 0 Å². The van der Waals surface area contributed by atoms with Gasteiger partial charge in [0.15, 0.2) is 17.3 Å². The normalized spacial score (nSPS) is 18.5. The average molecular weight is 502 g/mol. The van der Waals surface area contributed by atoms with Gasteiger partial charge in [-0.1, -0.05) is 44.5 Å². The molecule has 1 aliphatic heterocycles. The molecule has 2 aromatic carbocycles. The molecule has 0 spiro atoms. The molecule has 9 heteroatoms. The largest absolute Gasteiger partial charge is 0.493 e. The zero-order valence-corrected chi connectivity index (χ0v) is 20.8. The highest BCUT2D eigenvalue weighted by atomic mass is 19.3. The molecular formula is C27H33F2N3O4. The molecule has 3 atom stereocenters. The molecule has 3 unspecified atom stereocenters. The number of carbonyl (C=O) groups excluding carboxylic acids is 2. The maximum absolute atomic E-state index is 13.0. The molecule has 194 valence electrons. The molecule has 2 aromatic rings. The topological polar surface area (TPSA) is 94.2 Å². The molecule has 0 bridgehead atoms. The summed E-state index contributed by atoms with van der Waals surface area (Å²) in [5, 5.41) is 6.29. The second-order valence-electron chi connectivity index (χ2n) is 8.75. The van der Waals surface area contributed by atoms with Gasteiger partial charge in [-0.05, 0) is 43.0 Å². The van der Waals surface area contributed by atoms with E-state index in [1.807, 2.05) is 13.8 Å². The molecule has 36 heavy (non-hydrogen) atoms. The lowest BCUT2D eigenvalue weighted by molar-refractivity contribution is -0.114. The van der Waals surface area contributed by atoms with Crippen molar-refractivity contribution >= 4 is 17.8 Å². The number of carbonyl (C=O) groups is 2. The molecule has 0 saturated carbocycles. The predicted molar refractivity (Wildman–Crippen MR) is 133 cm³/mol. The van der Waals surface area contributed by atoms with Crippen molar-refractivity contribution in [1.29, 1.82) is 0 Å². The first-order valence-electron chi connectivity index (χ1n) is 12.2. The smallest absolute Gasteiger partial charge is 0.387 e. The number of ketones is 1. The molecule has 3 rings (SSSR count). The van der Waals surface area contributed by atoms with E-state index in [4.69, 9.17) is 15.6 Å². The van der Waals surface area contributed by atoms with Crippen molar-refractivity contribution in [2.75, 3.05) is 7.11 Å². The second kappa shape index (κ2) is 12.6. The zero-order chi connectivity index (χ0) is 26.2. The summed E-state index contributed by atoms with van der Waals surface area (Å²) in [6, 6.07) is 11.2. The van der Waals surface area contributed by atoms with Crippen LogP contribution >= 0.6 is 0 Å². The predicted octanol–water partition coefficient (Wildman–Crippen LogP) is 5.33. The fourth-order valence-electron chi connectivity index (χ4n) is 4.36. The Labute approximate surface area is 210 Å². The number of ether oxygens (including phenoxy) is 2. The number of aldehydes is 1. The Balaban J connectivity index is 1.95. The standard InChI is InChI=1S/C27H33F2N3O4/c1-4-6-7-22(34)18-8-10-19(11-9-18)26(30)32-21(16-33)14-17(5-2)25(31-32)20-12-13-23(35-3)24(15-20)36-27(28)29/h8-13,15-17,21,26-27H,4-7,14,30H2,1-3H3. The van der Waals surface area contributed by atoms with Gasteiger partial charge in [-0.3, -0.25) is 9.80 Å². The van der Waals surface area contributed by atoms with Gasteiger partial charge in [0.05, 0.1) is 12.8 Å². The van der Waals surface area contributed by atoms with Gasteiger partial charge in [0, 0.05) is 23.5 Å². The summed E-state index contributed by atoms with van der Waals surface area (Å²) < 4.78 is 35.7. The molecule has 0 aliphatic carbocycles. The van der Waals surface area contributed by atoms with Crippen LogP contribution < -0.4 is 15.2 Å². The van der Waals surface area contributed by atoms with Crippen molar-refractivity contribution in [2.24, 2.45) is 16.8 Å². The lowest BCUT2D eigenvalue weighted by atomic mass is 9.87. The number of alkyl halides is 2. The van der Waals surface area contributed by atoms with Gasteiger partial charge in [-0.25, -0.2) is 0 Å². The number of nitrogens with zero attached hydrogens (tertiary/aromatic N) is 2. The van der Waals surface area contributed by atoms with Gasteiger partial charge < -0.3 is 20.0 Å². The van der Waals surface area contributed by atoms with Crippen LogP contribution in [0.3, 0.4) is 0 Å². The number of Topliss-reactive ketones (excluding diaryl/α,β-unsaturated/α-hetero) is 1. The van der Waals surface area contributed by atoms with Crippen LogP contribution in [0.5, 0.6) is 11.5 Å². The minimum atomic E-state index is -3.01. The number of hydrogen-bond donors (Lipinski definition) is 1. The van der Waals surface area contributed by atoms with Crippen LogP contribution in [0.15, 0.2) is 47.6 Å².